The van der Waals surface area contributed by atoms with E-state index >= 15 is 0 Å². The molecule has 0 unspecified atom stereocenters. The van der Waals surface area contributed by atoms with Crippen LogP contribution in [0.2, 0.25) is 0 Å². The largest absolute Gasteiger partial charge is 0.274 e. The number of hydrogen-bond donors (Lipinski definition) is 0. The Kier molecular flexibility index (Phi) is 4.68. The number of unbranched alkanes of at least 4 members (excludes halogenated alkanes) is 4. The Balaban J connectivity index is 1.83. The lowest BCUT2D eigenvalue weighted by Gasteiger charge is -2.13. The van der Waals surface area contributed by atoms with Gasteiger partial charge in [0.15, 0.2) is 0 Å². The van der Waals surface area contributed by atoms with Crippen molar-refractivity contribution in [3.63, 3.8) is 0 Å². The van der Waals surface area contributed by atoms with E-state index in [9.17, 15) is 14.7 Å². The fourth-order valence-electron chi connectivity index (χ4n) is 2.34. The van der Waals surface area contributed by atoms with E-state index in [1.165, 1.54) is 4.90 Å². The molecule has 19 heavy (non-hydrogen) atoms. The van der Waals surface area contributed by atoms with E-state index in [0.29, 0.717) is 24.1 Å². The van der Waals surface area contributed by atoms with Crippen LogP contribution in [0.3, 0.4) is 0 Å². The summed E-state index contributed by atoms with van der Waals surface area (Å²) in [5.74, 6) is -0.361. The second-order valence-electron chi connectivity index (χ2n) is 4.78. The Hall–Kier alpha value is -1.68. The minimum absolute atomic E-state index is 0.0155. The van der Waals surface area contributed by atoms with Crippen molar-refractivity contribution in [2.24, 2.45) is 0 Å². The van der Waals surface area contributed by atoms with Crippen LogP contribution in [0.15, 0.2) is 24.3 Å². The third kappa shape index (κ3) is 3.01. The number of carbonyl (C=O) groups is 2. The summed E-state index contributed by atoms with van der Waals surface area (Å²) >= 11 is 0. The quantitative estimate of drug-likeness (QED) is 0.559. The van der Waals surface area contributed by atoms with Gasteiger partial charge in [-0.2, -0.15) is 0 Å². The van der Waals surface area contributed by atoms with Gasteiger partial charge in [-0.1, -0.05) is 31.4 Å². The Morgan fingerprint density at radius 3 is 1.89 bits per heavy atom. The lowest BCUT2D eigenvalue weighted by atomic mass is 10.1. The minimum atomic E-state index is -0.180. The average Bonchev–Trinajstić information content (AvgIpc) is 2.68. The van der Waals surface area contributed by atoms with Crippen LogP contribution < -0.4 is 0 Å². The maximum Gasteiger partial charge on any atom is 0.261 e. The summed E-state index contributed by atoms with van der Waals surface area (Å²) in [7, 11) is 0. The zero-order valence-corrected chi connectivity index (χ0v) is 10.9. The van der Waals surface area contributed by atoms with E-state index in [-0.39, 0.29) is 18.4 Å². The van der Waals surface area contributed by atoms with Crippen LogP contribution in [0.1, 0.15) is 52.8 Å². The standard InChI is InChI=1S/C15H18NO3/c17-11-7-3-1-2-6-10-16-14(18)12-8-4-5-9-13(12)15(16)19/h4-5,8-9H,1-3,6-7,10-11H2. The van der Waals surface area contributed by atoms with E-state index in [1.807, 2.05) is 0 Å². The first-order chi connectivity index (χ1) is 9.25. The lowest BCUT2D eigenvalue weighted by Crippen LogP contribution is -2.30. The number of benzene rings is 1. The number of amides is 2. The maximum atomic E-state index is 12.0. The molecule has 4 nitrogen and oxygen atoms in total. The number of nitrogens with zero attached hydrogens (tertiary/aromatic N) is 1. The van der Waals surface area contributed by atoms with Gasteiger partial charge in [-0.3, -0.25) is 14.5 Å². The Bertz CT molecular complexity index is 435. The molecule has 0 saturated carbocycles. The Morgan fingerprint density at radius 1 is 0.789 bits per heavy atom. The van der Waals surface area contributed by atoms with Crippen molar-refractivity contribution < 1.29 is 14.7 Å². The SMILES string of the molecule is [O]CCCCCCCN1C(=O)c2ccccc2C1=O. The topological polar surface area (TPSA) is 57.3 Å². The number of fused-ring (bicyclic) bond motifs is 1. The van der Waals surface area contributed by atoms with Crippen LogP contribution in [-0.4, -0.2) is 29.9 Å². The molecule has 0 N–H and O–H groups in total. The molecule has 0 atom stereocenters. The van der Waals surface area contributed by atoms with Crippen molar-refractivity contribution in [2.75, 3.05) is 13.2 Å². The second kappa shape index (κ2) is 6.48. The van der Waals surface area contributed by atoms with E-state index < -0.39 is 0 Å². The van der Waals surface area contributed by atoms with E-state index in [0.717, 1.165) is 25.7 Å². The van der Waals surface area contributed by atoms with Crippen molar-refractivity contribution >= 4 is 11.8 Å². The summed E-state index contributed by atoms with van der Waals surface area (Å²) < 4.78 is 0. The smallest absolute Gasteiger partial charge is 0.261 e. The van der Waals surface area contributed by atoms with Gasteiger partial charge < -0.3 is 0 Å². The summed E-state index contributed by atoms with van der Waals surface area (Å²) in [5, 5.41) is 10.3. The molecule has 0 saturated heterocycles. The number of imide groups is 1. The first-order valence-corrected chi connectivity index (χ1v) is 6.79. The third-order valence-corrected chi connectivity index (χ3v) is 3.40. The fourth-order valence-corrected chi connectivity index (χ4v) is 2.34. The molecule has 1 heterocycles. The summed E-state index contributed by atoms with van der Waals surface area (Å²) in [5.41, 5.74) is 1.03. The molecule has 1 aliphatic rings. The predicted octanol–water partition coefficient (Wildman–Crippen LogP) is 2.66. The van der Waals surface area contributed by atoms with Gasteiger partial charge in [-0.15, -0.1) is 0 Å². The van der Waals surface area contributed by atoms with Gasteiger partial charge in [-0.25, -0.2) is 5.11 Å². The van der Waals surface area contributed by atoms with Crippen LogP contribution in [-0.2, 0) is 5.11 Å². The number of carbonyl (C=O) groups excluding carboxylic acids is 2. The highest BCUT2D eigenvalue weighted by atomic mass is 16.3. The van der Waals surface area contributed by atoms with Gasteiger partial charge in [0.25, 0.3) is 11.8 Å². The monoisotopic (exact) mass is 260 g/mol. The fraction of sp³-hybridized carbons (Fsp3) is 0.467. The molecule has 0 fully saturated rings. The van der Waals surface area contributed by atoms with E-state index in [1.54, 1.807) is 24.3 Å². The van der Waals surface area contributed by atoms with Gasteiger partial charge in [0.2, 0.25) is 0 Å². The summed E-state index contributed by atoms with van der Waals surface area (Å²) in [6.07, 6.45) is 4.40. The van der Waals surface area contributed by atoms with Crippen molar-refractivity contribution in [2.45, 2.75) is 32.1 Å². The normalized spacial score (nSPS) is 14.1. The van der Waals surface area contributed by atoms with Gasteiger partial charge >= 0.3 is 0 Å². The van der Waals surface area contributed by atoms with Crippen molar-refractivity contribution in [3.05, 3.63) is 35.4 Å². The zero-order valence-electron chi connectivity index (χ0n) is 10.9. The van der Waals surface area contributed by atoms with Crippen LogP contribution in [0.4, 0.5) is 0 Å². The molecule has 2 amide bonds. The van der Waals surface area contributed by atoms with Crippen LogP contribution in [0, 0.1) is 0 Å². The van der Waals surface area contributed by atoms with Gasteiger partial charge in [0, 0.05) is 6.54 Å². The highest BCUT2D eigenvalue weighted by Gasteiger charge is 2.34. The molecule has 2 rings (SSSR count). The molecule has 1 radical (unpaired) electrons. The Morgan fingerprint density at radius 2 is 1.32 bits per heavy atom. The minimum Gasteiger partial charge on any atom is -0.274 e. The first kappa shape index (κ1) is 13.7. The maximum absolute atomic E-state index is 12.0. The van der Waals surface area contributed by atoms with Crippen molar-refractivity contribution in [1.29, 1.82) is 0 Å². The summed E-state index contributed by atoms with van der Waals surface area (Å²) in [4.78, 5) is 25.4. The number of rotatable bonds is 7. The molecule has 1 aromatic rings. The van der Waals surface area contributed by atoms with Gasteiger partial charge in [0.1, 0.15) is 0 Å². The molecule has 4 heteroatoms. The van der Waals surface area contributed by atoms with Gasteiger partial charge in [0.05, 0.1) is 17.7 Å². The molecule has 101 valence electrons. The highest BCUT2D eigenvalue weighted by Crippen LogP contribution is 2.22. The van der Waals surface area contributed by atoms with E-state index in [2.05, 4.69) is 0 Å². The number of hydrogen-bond acceptors (Lipinski definition) is 2. The lowest BCUT2D eigenvalue weighted by molar-refractivity contribution is 0.0651. The second-order valence-corrected chi connectivity index (χ2v) is 4.78. The summed E-state index contributed by atoms with van der Waals surface area (Å²) in [6, 6.07) is 6.94. The molecule has 0 aromatic heterocycles. The highest BCUT2D eigenvalue weighted by molar-refractivity contribution is 6.21. The Labute approximate surface area is 113 Å². The first-order valence-electron chi connectivity index (χ1n) is 6.79. The third-order valence-electron chi connectivity index (χ3n) is 3.40. The van der Waals surface area contributed by atoms with Crippen LogP contribution in [0.5, 0.6) is 0 Å². The van der Waals surface area contributed by atoms with Crippen molar-refractivity contribution in [3.8, 4) is 0 Å². The van der Waals surface area contributed by atoms with E-state index in [4.69, 9.17) is 0 Å². The predicted molar refractivity (Wildman–Crippen MR) is 70.4 cm³/mol. The molecule has 1 aromatic carbocycles. The van der Waals surface area contributed by atoms with Crippen molar-refractivity contribution in [1.82, 2.24) is 4.90 Å². The molecule has 0 bridgehead atoms. The molecular formula is C15H18NO3. The average molecular weight is 260 g/mol. The molecule has 0 aliphatic carbocycles. The zero-order chi connectivity index (χ0) is 13.7. The molecule has 1 aliphatic heterocycles. The summed E-state index contributed by atoms with van der Waals surface area (Å²) in [6.45, 7) is 0.460. The molecule has 0 spiro atoms. The molecular weight excluding hydrogens is 242 g/mol. The van der Waals surface area contributed by atoms with Crippen LogP contribution in [0.25, 0.3) is 0 Å². The van der Waals surface area contributed by atoms with Crippen LogP contribution >= 0.6 is 0 Å². The van der Waals surface area contributed by atoms with Gasteiger partial charge in [-0.05, 0) is 25.0 Å².